The Morgan fingerprint density at radius 3 is 2.80 bits per heavy atom. The molecule has 2 amide bonds. The summed E-state index contributed by atoms with van der Waals surface area (Å²) in [6.45, 7) is 0.473. The SMILES string of the molecule is C[NH+](CC(=O)Nc1sccc1C#N)CC(=O)NC1CC1. The Bertz CT molecular complexity index is 545. The second-order valence-corrected chi connectivity index (χ2v) is 5.89. The molecule has 1 saturated carbocycles. The van der Waals surface area contributed by atoms with Crippen LogP contribution in [0.3, 0.4) is 0 Å². The van der Waals surface area contributed by atoms with Crippen molar-refractivity contribution < 1.29 is 14.5 Å². The quantitative estimate of drug-likeness (QED) is 0.651. The van der Waals surface area contributed by atoms with Crippen molar-refractivity contribution in [1.82, 2.24) is 5.32 Å². The summed E-state index contributed by atoms with van der Waals surface area (Å²) in [6.07, 6.45) is 2.11. The number of nitriles is 1. The number of nitrogens with zero attached hydrogens (tertiary/aromatic N) is 1. The van der Waals surface area contributed by atoms with Gasteiger partial charge >= 0.3 is 0 Å². The molecule has 1 aromatic heterocycles. The molecule has 106 valence electrons. The van der Waals surface area contributed by atoms with Gasteiger partial charge in [0, 0.05) is 6.04 Å². The zero-order valence-electron chi connectivity index (χ0n) is 11.2. The van der Waals surface area contributed by atoms with Gasteiger partial charge in [-0.15, -0.1) is 11.3 Å². The Morgan fingerprint density at radius 1 is 1.45 bits per heavy atom. The molecule has 0 spiro atoms. The zero-order chi connectivity index (χ0) is 14.5. The van der Waals surface area contributed by atoms with Gasteiger partial charge in [-0.05, 0) is 24.3 Å². The van der Waals surface area contributed by atoms with E-state index in [2.05, 4.69) is 10.6 Å². The van der Waals surface area contributed by atoms with Crippen LogP contribution in [-0.4, -0.2) is 38.0 Å². The van der Waals surface area contributed by atoms with Gasteiger partial charge in [0.25, 0.3) is 11.8 Å². The summed E-state index contributed by atoms with van der Waals surface area (Å²) in [5.74, 6) is -0.215. The molecule has 1 fully saturated rings. The van der Waals surface area contributed by atoms with E-state index in [-0.39, 0.29) is 24.9 Å². The van der Waals surface area contributed by atoms with Gasteiger partial charge in [-0.1, -0.05) is 0 Å². The van der Waals surface area contributed by atoms with Crippen molar-refractivity contribution in [3.8, 4) is 6.07 Å². The first-order valence-electron chi connectivity index (χ1n) is 6.46. The lowest BCUT2D eigenvalue weighted by molar-refractivity contribution is -0.862. The number of anilines is 1. The van der Waals surface area contributed by atoms with Crippen LogP contribution in [0.5, 0.6) is 0 Å². The van der Waals surface area contributed by atoms with Crippen LogP contribution in [0, 0.1) is 11.3 Å². The topological polar surface area (TPSA) is 86.4 Å². The largest absolute Gasteiger partial charge is 0.348 e. The van der Waals surface area contributed by atoms with E-state index in [9.17, 15) is 9.59 Å². The summed E-state index contributed by atoms with van der Waals surface area (Å²) >= 11 is 1.32. The van der Waals surface area contributed by atoms with Crippen molar-refractivity contribution in [2.24, 2.45) is 0 Å². The summed E-state index contributed by atoms with van der Waals surface area (Å²) < 4.78 is 0. The van der Waals surface area contributed by atoms with Gasteiger partial charge in [0.05, 0.1) is 12.6 Å². The number of amides is 2. The molecule has 0 radical (unpaired) electrons. The highest BCUT2D eigenvalue weighted by molar-refractivity contribution is 7.14. The molecule has 1 aromatic rings. The molecule has 1 aliphatic rings. The van der Waals surface area contributed by atoms with E-state index >= 15 is 0 Å². The molecule has 6 nitrogen and oxygen atoms in total. The molecular weight excluding hydrogens is 276 g/mol. The number of likely N-dealkylation sites (N-methyl/N-ethyl adjacent to an activating group) is 1. The minimum atomic E-state index is -0.194. The minimum Gasteiger partial charge on any atom is -0.348 e. The molecule has 7 heteroatoms. The summed E-state index contributed by atoms with van der Waals surface area (Å²) in [4.78, 5) is 24.3. The first-order valence-corrected chi connectivity index (χ1v) is 7.34. The molecular formula is C13H17N4O2S+. The highest BCUT2D eigenvalue weighted by atomic mass is 32.1. The normalized spacial score (nSPS) is 15.2. The van der Waals surface area contributed by atoms with E-state index in [0.717, 1.165) is 17.7 Å². The van der Waals surface area contributed by atoms with Gasteiger partial charge in [0.1, 0.15) is 11.1 Å². The summed E-state index contributed by atoms with van der Waals surface area (Å²) in [5, 5.41) is 16.8. The Balaban J connectivity index is 1.75. The van der Waals surface area contributed by atoms with E-state index in [1.165, 1.54) is 11.3 Å². The highest BCUT2D eigenvalue weighted by Crippen LogP contribution is 2.21. The van der Waals surface area contributed by atoms with Gasteiger partial charge in [-0.2, -0.15) is 5.26 Å². The Hall–Kier alpha value is -1.91. The number of carbonyl (C=O) groups excluding carboxylic acids is 2. The number of thiophene rings is 1. The number of nitrogens with one attached hydrogen (secondary N) is 3. The second-order valence-electron chi connectivity index (χ2n) is 4.98. The second kappa shape index (κ2) is 6.50. The summed E-state index contributed by atoms with van der Waals surface area (Å²) in [7, 11) is 1.80. The number of rotatable bonds is 6. The van der Waals surface area contributed by atoms with Crippen LogP contribution >= 0.6 is 11.3 Å². The van der Waals surface area contributed by atoms with Gasteiger partial charge in [-0.3, -0.25) is 9.59 Å². The molecule has 1 unspecified atom stereocenters. The van der Waals surface area contributed by atoms with E-state index in [4.69, 9.17) is 5.26 Å². The van der Waals surface area contributed by atoms with Crippen molar-refractivity contribution in [3.63, 3.8) is 0 Å². The molecule has 0 bridgehead atoms. The number of hydrogen-bond acceptors (Lipinski definition) is 4. The lowest BCUT2D eigenvalue weighted by atomic mass is 10.3. The number of carbonyl (C=O) groups is 2. The first kappa shape index (κ1) is 14.5. The van der Waals surface area contributed by atoms with Crippen LogP contribution in [0.15, 0.2) is 11.4 Å². The summed E-state index contributed by atoms with van der Waals surface area (Å²) in [6, 6.07) is 4.03. The zero-order valence-corrected chi connectivity index (χ0v) is 12.0. The third-order valence-corrected chi connectivity index (χ3v) is 3.74. The maximum atomic E-state index is 11.8. The summed E-state index contributed by atoms with van der Waals surface area (Å²) in [5.41, 5.74) is 0.465. The molecule has 2 rings (SSSR count). The third-order valence-electron chi connectivity index (χ3n) is 2.91. The van der Waals surface area contributed by atoms with Crippen LogP contribution < -0.4 is 15.5 Å². The Labute approximate surface area is 121 Å². The predicted octanol–water partition coefficient (Wildman–Crippen LogP) is -0.648. The first-order chi connectivity index (χ1) is 9.58. The van der Waals surface area contributed by atoms with E-state index in [1.54, 1.807) is 18.5 Å². The minimum absolute atomic E-state index is 0.0216. The molecule has 0 saturated heterocycles. The van der Waals surface area contributed by atoms with Crippen LogP contribution in [0.2, 0.25) is 0 Å². The maximum absolute atomic E-state index is 11.8. The van der Waals surface area contributed by atoms with Gasteiger partial charge in [0.15, 0.2) is 13.1 Å². The number of quaternary nitrogens is 1. The van der Waals surface area contributed by atoms with Crippen molar-refractivity contribution in [2.75, 3.05) is 25.5 Å². The lowest BCUT2D eigenvalue weighted by Gasteiger charge is -2.13. The van der Waals surface area contributed by atoms with Crippen LogP contribution in [0.4, 0.5) is 5.00 Å². The van der Waals surface area contributed by atoms with Gasteiger partial charge < -0.3 is 15.5 Å². The standard InChI is InChI=1S/C13H16N4O2S/c1-17(7-11(18)15-10-2-3-10)8-12(19)16-13-9(6-14)4-5-20-13/h4-5,10H,2-3,7-8H2,1H3,(H,15,18)(H,16,19)/p+1. The fourth-order valence-corrected chi connectivity index (χ4v) is 2.54. The predicted molar refractivity (Wildman–Crippen MR) is 75.4 cm³/mol. The smallest absolute Gasteiger partial charge is 0.280 e. The Morgan fingerprint density at radius 2 is 2.15 bits per heavy atom. The van der Waals surface area contributed by atoms with Crippen LogP contribution in [-0.2, 0) is 9.59 Å². The average molecular weight is 293 g/mol. The van der Waals surface area contributed by atoms with Crippen LogP contribution in [0.1, 0.15) is 18.4 Å². The molecule has 1 aliphatic carbocycles. The Kier molecular flexibility index (Phi) is 4.71. The number of hydrogen-bond donors (Lipinski definition) is 3. The molecule has 3 N–H and O–H groups in total. The van der Waals surface area contributed by atoms with Crippen molar-refractivity contribution >= 4 is 28.2 Å². The fourth-order valence-electron chi connectivity index (χ4n) is 1.78. The fraction of sp³-hybridized carbons (Fsp3) is 0.462. The van der Waals surface area contributed by atoms with Crippen molar-refractivity contribution in [1.29, 1.82) is 5.26 Å². The molecule has 1 atom stereocenters. The van der Waals surface area contributed by atoms with E-state index in [0.29, 0.717) is 16.6 Å². The molecule has 0 aromatic carbocycles. The van der Waals surface area contributed by atoms with Gasteiger partial charge in [-0.25, -0.2) is 0 Å². The van der Waals surface area contributed by atoms with Crippen LogP contribution in [0.25, 0.3) is 0 Å². The molecule has 20 heavy (non-hydrogen) atoms. The van der Waals surface area contributed by atoms with Crippen molar-refractivity contribution in [3.05, 3.63) is 17.0 Å². The lowest BCUT2D eigenvalue weighted by Crippen LogP contribution is -3.11. The third kappa shape index (κ3) is 4.33. The monoisotopic (exact) mass is 293 g/mol. The van der Waals surface area contributed by atoms with E-state index < -0.39 is 0 Å². The highest BCUT2D eigenvalue weighted by Gasteiger charge is 2.25. The molecule has 0 aliphatic heterocycles. The van der Waals surface area contributed by atoms with E-state index in [1.807, 2.05) is 6.07 Å². The maximum Gasteiger partial charge on any atom is 0.280 e. The average Bonchev–Trinajstić information content (AvgIpc) is 3.05. The van der Waals surface area contributed by atoms with Crippen molar-refractivity contribution in [2.45, 2.75) is 18.9 Å². The van der Waals surface area contributed by atoms with Gasteiger partial charge in [0.2, 0.25) is 0 Å². The molecule has 1 heterocycles.